The largest absolute Gasteiger partial charge is 0.389 e. The lowest BCUT2D eigenvalue weighted by molar-refractivity contribution is 0.975. The van der Waals surface area contributed by atoms with Crippen molar-refractivity contribution in [2.24, 2.45) is 5.73 Å². The number of nitrogens with two attached hydrogens (primary N) is 1. The molecule has 0 aliphatic carbocycles. The molecule has 76 valence electrons. The van der Waals surface area contributed by atoms with Crippen molar-refractivity contribution in [2.75, 3.05) is 0 Å². The summed E-state index contributed by atoms with van der Waals surface area (Å²) in [6, 6.07) is 7.78. The summed E-state index contributed by atoms with van der Waals surface area (Å²) in [4.78, 5) is 4.58. The van der Waals surface area contributed by atoms with E-state index in [1.807, 2.05) is 42.0 Å². The van der Waals surface area contributed by atoms with Crippen molar-refractivity contribution in [3.8, 4) is 5.69 Å². The quantitative estimate of drug-likeness (QED) is 0.780. The standard InChI is InChI=1S/C11H11N3S/c1-8-13-6-7-14(8)10-4-2-9(3-5-10)11(12)15/h2-7H,1H3,(H2,12,15). The Balaban J connectivity index is 2.40. The highest BCUT2D eigenvalue weighted by molar-refractivity contribution is 7.80. The molecule has 0 saturated heterocycles. The van der Waals surface area contributed by atoms with E-state index in [0.717, 1.165) is 17.1 Å². The Bertz CT molecular complexity index is 485. The van der Waals surface area contributed by atoms with E-state index < -0.39 is 0 Å². The van der Waals surface area contributed by atoms with Crippen molar-refractivity contribution in [3.63, 3.8) is 0 Å². The second-order valence-corrected chi connectivity index (χ2v) is 3.70. The third kappa shape index (κ3) is 1.89. The zero-order valence-electron chi connectivity index (χ0n) is 8.34. The molecule has 0 radical (unpaired) electrons. The van der Waals surface area contributed by atoms with Gasteiger partial charge in [-0.3, -0.25) is 0 Å². The smallest absolute Gasteiger partial charge is 0.110 e. The number of hydrogen-bond donors (Lipinski definition) is 1. The fourth-order valence-corrected chi connectivity index (χ4v) is 1.57. The van der Waals surface area contributed by atoms with Gasteiger partial charge in [-0.15, -0.1) is 0 Å². The lowest BCUT2D eigenvalue weighted by atomic mass is 10.2. The summed E-state index contributed by atoms with van der Waals surface area (Å²) < 4.78 is 2.00. The van der Waals surface area contributed by atoms with Gasteiger partial charge in [0.15, 0.2) is 0 Å². The fourth-order valence-electron chi connectivity index (χ4n) is 1.44. The van der Waals surface area contributed by atoms with E-state index in [9.17, 15) is 0 Å². The second-order valence-electron chi connectivity index (χ2n) is 3.26. The molecule has 4 heteroatoms. The van der Waals surface area contributed by atoms with Crippen LogP contribution in [0.3, 0.4) is 0 Å². The molecular weight excluding hydrogens is 206 g/mol. The first kappa shape index (κ1) is 9.86. The molecule has 0 unspecified atom stereocenters. The monoisotopic (exact) mass is 217 g/mol. The van der Waals surface area contributed by atoms with Gasteiger partial charge in [-0.2, -0.15) is 0 Å². The van der Waals surface area contributed by atoms with Crippen molar-refractivity contribution < 1.29 is 0 Å². The van der Waals surface area contributed by atoms with Gasteiger partial charge in [0.25, 0.3) is 0 Å². The van der Waals surface area contributed by atoms with E-state index in [1.54, 1.807) is 6.20 Å². The first-order valence-electron chi connectivity index (χ1n) is 4.58. The second kappa shape index (κ2) is 3.82. The fraction of sp³-hybridized carbons (Fsp3) is 0.0909. The van der Waals surface area contributed by atoms with Crippen LogP contribution in [0, 0.1) is 6.92 Å². The maximum Gasteiger partial charge on any atom is 0.110 e. The number of imidazole rings is 1. The molecule has 1 aromatic carbocycles. The molecule has 0 amide bonds. The Kier molecular flexibility index (Phi) is 2.51. The summed E-state index contributed by atoms with van der Waals surface area (Å²) in [7, 11) is 0. The van der Waals surface area contributed by atoms with E-state index in [4.69, 9.17) is 18.0 Å². The summed E-state index contributed by atoms with van der Waals surface area (Å²) in [6.45, 7) is 1.96. The molecule has 1 heterocycles. The summed E-state index contributed by atoms with van der Waals surface area (Å²) in [6.07, 6.45) is 3.70. The number of benzene rings is 1. The third-order valence-electron chi connectivity index (χ3n) is 2.26. The molecule has 3 nitrogen and oxygen atoms in total. The SMILES string of the molecule is Cc1nccn1-c1ccc(C(N)=S)cc1. The minimum Gasteiger partial charge on any atom is -0.389 e. The highest BCUT2D eigenvalue weighted by Crippen LogP contribution is 2.11. The number of thiocarbonyl (C=S) groups is 1. The van der Waals surface area contributed by atoms with Crippen LogP contribution in [-0.2, 0) is 0 Å². The maximum absolute atomic E-state index is 5.52. The number of hydrogen-bond acceptors (Lipinski definition) is 2. The van der Waals surface area contributed by atoms with Gasteiger partial charge in [-0.05, 0) is 31.2 Å². The van der Waals surface area contributed by atoms with Crippen molar-refractivity contribution in [3.05, 3.63) is 48.0 Å². The molecule has 15 heavy (non-hydrogen) atoms. The Morgan fingerprint density at radius 3 is 2.47 bits per heavy atom. The van der Waals surface area contributed by atoms with Gasteiger partial charge in [0.05, 0.1) is 0 Å². The molecule has 2 rings (SSSR count). The van der Waals surface area contributed by atoms with Gasteiger partial charge in [-0.1, -0.05) is 12.2 Å². The number of nitrogens with zero attached hydrogens (tertiary/aromatic N) is 2. The number of aromatic nitrogens is 2. The van der Waals surface area contributed by atoms with Gasteiger partial charge < -0.3 is 10.3 Å². The van der Waals surface area contributed by atoms with Crippen LogP contribution in [0.5, 0.6) is 0 Å². The van der Waals surface area contributed by atoms with Crippen LogP contribution in [0.15, 0.2) is 36.7 Å². The Labute approximate surface area is 93.6 Å². The van der Waals surface area contributed by atoms with E-state index in [0.29, 0.717) is 4.99 Å². The average Bonchev–Trinajstić information content (AvgIpc) is 2.65. The van der Waals surface area contributed by atoms with Crippen LogP contribution in [0.2, 0.25) is 0 Å². The van der Waals surface area contributed by atoms with Crippen molar-refractivity contribution in [2.45, 2.75) is 6.92 Å². The maximum atomic E-state index is 5.52. The van der Waals surface area contributed by atoms with E-state index in [2.05, 4.69) is 4.98 Å². The molecule has 1 aromatic heterocycles. The Morgan fingerprint density at radius 2 is 2.00 bits per heavy atom. The minimum atomic E-state index is 0.420. The van der Waals surface area contributed by atoms with Crippen LogP contribution in [0.25, 0.3) is 5.69 Å². The molecule has 0 spiro atoms. The number of rotatable bonds is 2. The predicted molar refractivity (Wildman–Crippen MR) is 64.2 cm³/mol. The molecule has 2 aromatic rings. The van der Waals surface area contributed by atoms with Crippen LogP contribution < -0.4 is 5.73 Å². The molecule has 0 aliphatic heterocycles. The average molecular weight is 217 g/mol. The molecule has 0 saturated carbocycles. The van der Waals surface area contributed by atoms with Crippen molar-refractivity contribution >= 4 is 17.2 Å². The summed E-state index contributed by atoms with van der Waals surface area (Å²) in [5, 5.41) is 0. The van der Waals surface area contributed by atoms with E-state index in [1.165, 1.54) is 0 Å². The van der Waals surface area contributed by atoms with Crippen LogP contribution >= 0.6 is 12.2 Å². The third-order valence-corrected chi connectivity index (χ3v) is 2.49. The lowest BCUT2D eigenvalue weighted by Gasteiger charge is -2.05. The van der Waals surface area contributed by atoms with Gasteiger partial charge in [0, 0.05) is 23.6 Å². The molecule has 0 bridgehead atoms. The Morgan fingerprint density at radius 1 is 1.33 bits per heavy atom. The molecular formula is C11H11N3S. The molecule has 0 fully saturated rings. The first-order chi connectivity index (χ1) is 7.18. The zero-order chi connectivity index (χ0) is 10.8. The summed E-state index contributed by atoms with van der Waals surface area (Å²) in [5.41, 5.74) is 7.47. The van der Waals surface area contributed by atoms with Gasteiger partial charge in [-0.25, -0.2) is 4.98 Å². The van der Waals surface area contributed by atoms with Gasteiger partial charge in [0.1, 0.15) is 10.8 Å². The van der Waals surface area contributed by atoms with E-state index in [-0.39, 0.29) is 0 Å². The van der Waals surface area contributed by atoms with Crippen molar-refractivity contribution in [1.82, 2.24) is 9.55 Å². The Hall–Kier alpha value is -1.68. The van der Waals surface area contributed by atoms with Crippen molar-refractivity contribution in [1.29, 1.82) is 0 Å². The highest BCUT2D eigenvalue weighted by atomic mass is 32.1. The zero-order valence-corrected chi connectivity index (χ0v) is 9.16. The van der Waals surface area contributed by atoms with Gasteiger partial charge >= 0.3 is 0 Å². The normalized spacial score (nSPS) is 10.2. The van der Waals surface area contributed by atoms with Crippen LogP contribution in [0.1, 0.15) is 11.4 Å². The lowest BCUT2D eigenvalue weighted by Crippen LogP contribution is -2.09. The summed E-state index contributed by atoms with van der Waals surface area (Å²) in [5.74, 6) is 0.957. The minimum absolute atomic E-state index is 0.420. The van der Waals surface area contributed by atoms with Gasteiger partial charge in [0.2, 0.25) is 0 Å². The molecule has 0 aliphatic rings. The number of aryl methyl sites for hydroxylation is 1. The van der Waals surface area contributed by atoms with Crippen LogP contribution in [0.4, 0.5) is 0 Å². The highest BCUT2D eigenvalue weighted by Gasteiger charge is 2.00. The summed E-state index contributed by atoms with van der Waals surface area (Å²) >= 11 is 4.89. The predicted octanol–water partition coefficient (Wildman–Crippen LogP) is 1.81. The van der Waals surface area contributed by atoms with E-state index >= 15 is 0 Å². The molecule has 2 N–H and O–H groups in total. The molecule has 0 atom stereocenters. The van der Waals surface area contributed by atoms with Crippen LogP contribution in [-0.4, -0.2) is 14.5 Å². The topological polar surface area (TPSA) is 43.8 Å². The first-order valence-corrected chi connectivity index (χ1v) is 4.99.